The third-order valence-corrected chi connectivity index (χ3v) is 10.4. The highest BCUT2D eigenvalue weighted by atomic mass is 16.5. The molecule has 4 aliphatic carbocycles. The first-order valence-electron chi connectivity index (χ1n) is 13.4. The van der Waals surface area contributed by atoms with Gasteiger partial charge in [-0.1, -0.05) is 64.5 Å². The highest BCUT2D eigenvalue weighted by Crippen LogP contribution is 2.66. The van der Waals surface area contributed by atoms with E-state index in [4.69, 9.17) is 9.84 Å². The third kappa shape index (κ3) is 4.17. The van der Waals surface area contributed by atoms with Crippen molar-refractivity contribution in [2.75, 3.05) is 13.2 Å². The summed E-state index contributed by atoms with van der Waals surface area (Å²) in [6, 6.07) is 0. The van der Waals surface area contributed by atoms with Gasteiger partial charge < -0.3 is 9.84 Å². The van der Waals surface area contributed by atoms with Crippen molar-refractivity contribution in [3.05, 3.63) is 11.6 Å². The molecule has 4 rings (SSSR count). The lowest BCUT2D eigenvalue weighted by Crippen LogP contribution is -2.50. The topological polar surface area (TPSA) is 29.5 Å². The summed E-state index contributed by atoms with van der Waals surface area (Å²) in [4.78, 5) is 0. The van der Waals surface area contributed by atoms with Crippen LogP contribution in [0.25, 0.3) is 0 Å². The Hall–Kier alpha value is -0.340. The predicted octanol–water partition coefficient (Wildman–Crippen LogP) is 7.30. The molecule has 0 bridgehead atoms. The van der Waals surface area contributed by atoms with Crippen LogP contribution in [0.2, 0.25) is 0 Å². The zero-order valence-corrected chi connectivity index (χ0v) is 20.1. The van der Waals surface area contributed by atoms with Crippen LogP contribution in [0.3, 0.4) is 0 Å². The molecular formula is C28H48O2. The minimum atomic E-state index is 0.150. The number of aliphatic hydroxyl groups is 1. The average Bonchev–Trinajstić information content (AvgIpc) is 3.08. The van der Waals surface area contributed by atoms with E-state index in [2.05, 4.69) is 26.8 Å². The van der Waals surface area contributed by atoms with Gasteiger partial charge in [0.15, 0.2) is 0 Å². The van der Waals surface area contributed by atoms with Crippen LogP contribution in [0.1, 0.15) is 111 Å². The first kappa shape index (κ1) is 22.8. The third-order valence-electron chi connectivity index (χ3n) is 10.4. The second-order valence-electron chi connectivity index (χ2n) is 11.7. The van der Waals surface area contributed by atoms with Gasteiger partial charge >= 0.3 is 0 Å². The quantitative estimate of drug-likeness (QED) is 0.315. The summed E-state index contributed by atoms with van der Waals surface area (Å²) in [6.45, 7) is 8.26. The van der Waals surface area contributed by atoms with E-state index in [0.29, 0.717) is 23.5 Å². The largest absolute Gasteiger partial charge is 0.394 e. The fourth-order valence-electron chi connectivity index (χ4n) is 8.57. The number of fused-ring (bicyclic) bond motifs is 5. The van der Waals surface area contributed by atoms with Gasteiger partial charge in [0, 0.05) is 0 Å². The van der Waals surface area contributed by atoms with Crippen LogP contribution in [0, 0.1) is 34.5 Å². The molecule has 2 nitrogen and oxygen atoms in total. The summed E-state index contributed by atoms with van der Waals surface area (Å²) >= 11 is 0. The molecule has 0 aromatic carbocycles. The molecule has 172 valence electrons. The number of unbranched alkanes of at least 4 members (excludes halogenated alkanes) is 4. The Morgan fingerprint density at radius 2 is 1.83 bits per heavy atom. The number of rotatable bonds is 9. The van der Waals surface area contributed by atoms with Crippen LogP contribution >= 0.6 is 0 Å². The van der Waals surface area contributed by atoms with E-state index >= 15 is 0 Å². The van der Waals surface area contributed by atoms with Crippen LogP contribution in [-0.2, 0) is 4.74 Å². The van der Waals surface area contributed by atoms with Crippen molar-refractivity contribution in [2.45, 2.75) is 117 Å². The summed E-state index contributed by atoms with van der Waals surface area (Å²) in [7, 11) is 0. The first-order chi connectivity index (χ1) is 14.5. The molecule has 4 aliphatic rings. The molecular weight excluding hydrogens is 368 g/mol. The molecule has 2 heteroatoms. The molecule has 3 saturated carbocycles. The number of allylic oxidation sites excluding steroid dienone is 1. The fourth-order valence-corrected chi connectivity index (χ4v) is 8.57. The molecule has 0 amide bonds. The summed E-state index contributed by atoms with van der Waals surface area (Å²) in [5.74, 6) is 3.79. The zero-order valence-electron chi connectivity index (χ0n) is 20.1. The minimum absolute atomic E-state index is 0.150. The lowest BCUT2D eigenvalue weighted by Gasteiger charge is -2.58. The molecule has 0 aromatic heterocycles. The van der Waals surface area contributed by atoms with Crippen LogP contribution in [0.5, 0.6) is 0 Å². The summed E-state index contributed by atoms with van der Waals surface area (Å²) in [5, 5.41) is 9.12. The van der Waals surface area contributed by atoms with E-state index in [9.17, 15) is 0 Å². The van der Waals surface area contributed by atoms with Crippen molar-refractivity contribution in [1.82, 2.24) is 0 Å². The fraction of sp³-hybridized carbons (Fsp3) is 0.929. The van der Waals surface area contributed by atoms with Gasteiger partial charge in [0.2, 0.25) is 0 Å². The first-order valence-corrected chi connectivity index (χ1v) is 13.4. The maximum Gasteiger partial charge on any atom is 0.0701 e. The standard InChI is InChI=1S/C28H48O2/c1-4-5-6-7-8-9-21-11-13-25-24-12-10-22-20-23(30-19-18-29)14-16-28(22,3)26(24)15-17-27(21,25)2/h10,21,23-26,29H,4-9,11-20H2,1-3H3. The monoisotopic (exact) mass is 416 g/mol. The van der Waals surface area contributed by atoms with Crippen molar-refractivity contribution in [3.8, 4) is 0 Å². The highest BCUT2D eigenvalue weighted by molar-refractivity contribution is 5.25. The average molecular weight is 417 g/mol. The van der Waals surface area contributed by atoms with Gasteiger partial charge in [0.05, 0.1) is 19.3 Å². The normalized spacial score (nSPS) is 42.9. The van der Waals surface area contributed by atoms with Gasteiger partial charge in [-0.2, -0.15) is 0 Å². The number of ether oxygens (including phenoxy) is 1. The maximum absolute atomic E-state index is 9.12. The number of aliphatic hydroxyl groups excluding tert-OH is 1. The highest BCUT2D eigenvalue weighted by Gasteiger charge is 2.58. The van der Waals surface area contributed by atoms with E-state index in [-0.39, 0.29) is 6.61 Å². The Kier molecular flexibility index (Phi) is 7.35. The Labute approximate surface area is 186 Å². The predicted molar refractivity (Wildman–Crippen MR) is 125 cm³/mol. The molecule has 3 fully saturated rings. The summed E-state index contributed by atoms with van der Waals surface area (Å²) in [5.41, 5.74) is 2.74. The Morgan fingerprint density at radius 3 is 2.63 bits per heavy atom. The van der Waals surface area contributed by atoms with Crippen molar-refractivity contribution >= 4 is 0 Å². The van der Waals surface area contributed by atoms with E-state index < -0.39 is 0 Å². The van der Waals surface area contributed by atoms with Crippen LogP contribution in [0.15, 0.2) is 11.6 Å². The second-order valence-corrected chi connectivity index (χ2v) is 11.7. The lowest BCUT2D eigenvalue weighted by molar-refractivity contribution is -0.0610. The molecule has 7 atom stereocenters. The molecule has 1 N–H and O–H groups in total. The molecule has 0 saturated heterocycles. The Bertz CT molecular complexity index is 597. The SMILES string of the molecule is CCCCCCCC1CCC2C3CC=C4CC(OCCO)CCC4(C)C3CCC12C. The van der Waals surface area contributed by atoms with E-state index in [0.717, 1.165) is 30.1 Å². The van der Waals surface area contributed by atoms with Crippen LogP contribution < -0.4 is 0 Å². The van der Waals surface area contributed by atoms with Crippen LogP contribution in [0.4, 0.5) is 0 Å². The summed E-state index contributed by atoms with van der Waals surface area (Å²) in [6.07, 6.45) is 22.5. The van der Waals surface area contributed by atoms with Gasteiger partial charge in [-0.05, 0) is 92.3 Å². The zero-order chi connectivity index (χ0) is 21.2. The molecule has 7 unspecified atom stereocenters. The molecule has 0 aromatic rings. The van der Waals surface area contributed by atoms with Crippen LogP contribution in [-0.4, -0.2) is 24.4 Å². The van der Waals surface area contributed by atoms with Crippen molar-refractivity contribution in [3.63, 3.8) is 0 Å². The number of hydrogen-bond acceptors (Lipinski definition) is 2. The van der Waals surface area contributed by atoms with Crippen molar-refractivity contribution in [1.29, 1.82) is 0 Å². The Morgan fingerprint density at radius 1 is 1.00 bits per heavy atom. The molecule has 0 aliphatic heterocycles. The second kappa shape index (κ2) is 9.65. The van der Waals surface area contributed by atoms with Crippen molar-refractivity contribution in [2.24, 2.45) is 34.5 Å². The van der Waals surface area contributed by atoms with Crippen molar-refractivity contribution < 1.29 is 9.84 Å². The maximum atomic E-state index is 9.12. The van der Waals surface area contributed by atoms with E-state index in [1.165, 1.54) is 83.5 Å². The molecule has 30 heavy (non-hydrogen) atoms. The Balaban J connectivity index is 1.41. The van der Waals surface area contributed by atoms with Gasteiger partial charge in [-0.15, -0.1) is 0 Å². The van der Waals surface area contributed by atoms with Gasteiger partial charge in [-0.25, -0.2) is 0 Å². The smallest absolute Gasteiger partial charge is 0.0701 e. The number of hydrogen-bond donors (Lipinski definition) is 1. The van der Waals surface area contributed by atoms with E-state index in [1.807, 2.05) is 0 Å². The molecule has 0 heterocycles. The van der Waals surface area contributed by atoms with Gasteiger partial charge in [0.1, 0.15) is 0 Å². The lowest BCUT2D eigenvalue weighted by atomic mass is 9.47. The van der Waals surface area contributed by atoms with Gasteiger partial charge in [-0.3, -0.25) is 0 Å². The molecule has 0 radical (unpaired) electrons. The van der Waals surface area contributed by atoms with E-state index in [1.54, 1.807) is 5.57 Å². The minimum Gasteiger partial charge on any atom is -0.394 e. The summed E-state index contributed by atoms with van der Waals surface area (Å²) < 4.78 is 5.93. The van der Waals surface area contributed by atoms with Gasteiger partial charge in [0.25, 0.3) is 0 Å². The molecule has 0 spiro atoms.